The largest absolute Gasteiger partial charge is 0.493 e. The SMILES string of the molecule is COc1ccc(/C=N/NC(N)=O)cc1OC. The van der Waals surface area contributed by atoms with Gasteiger partial charge in [0.25, 0.3) is 0 Å². The van der Waals surface area contributed by atoms with Crippen LogP contribution in [0.4, 0.5) is 4.79 Å². The number of ether oxygens (including phenoxy) is 2. The van der Waals surface area contributed by atoms with Crippen molar-refractivity contribution in [2.45, 2.75) is 0 Å². The molecule has 0 aliphatic heterocycles. The zero-order chi connectivity index (χ0) is 12.0. The van der Waals surface area contributed by atoms with Gasteiger partial charge in [0.15, 0.2) is 11.5 Å². The summed E-state index contributed by atoms with van der Waals surface area (Å²) < 4.78 is 10.2. The highest BCUT2D eigenvalue weighted by atomic mass is 16.5. The molecule has 0 saturated heterocycles. The molecule has 0 radical (unpaired) electrons. The zero-order valence-electron chi connectivity index (χ0n) is 9.06. The molecule has 16 heavy (non-hydrogen) atoms. The number of hydrogen-bond donors (Lipinski definition) is 2. The summed E-state index contributed by atoms with van der Waals surface area (Å²) in [5, 5.41) is 3.63. The first-order valence-corrected chi connectivity index (χ1v) is 4.48. The molecule has 0 aliphatic rings. The van der Waals surface area contributed by atoms with E-state index in [-0.39, 0.29) is 0 Å². The summed E-state index contributed by atoms with van der Waals surface area (Å²) in [6.07, 6.45) is 1.45. The van der Waals surface area contributed by atoms with E-state index >= 15 is 0 Å². The van der Waals surface area contributed by atoms with E-state index < -0.39 is 6.03 Å². The van der Waals surface area contributed by atoms with Gasteiger partial charge in [0, 0.05) is 0 Å². The summed E-state index contributed by atoms with van der Waals surface area (Å²) in [5.74, 6) is 1.22. The smallest absolute Gasteiger partial charge is 0.332 e. The lowest BCUT2D eigenvalue weighted by Gasteiger charge is -2.07. The number of nitrogens with one attached hydrogen (secondary N) is 1. The van der Waals surface area contributed by atoms with Gasteiger partial charge in [-0.25, -0.2) is 10.2 Å². The topological polar surface area (TPSA) is 85.9 Å². The summed E-state index contributed by atoms with van der Waals surface area (Å²) in [5.41, 5.74) is 7.70. The van der Waals surface area contributed by atoms with Gasteiger partial charge in [0.05, 0.1) is 20.4 Å². The van der Waals surface area contributed by atoms with E-state index in [1.54, 1.807) is 32.4 Å². The van der Waals surface area contributed by atoms with Crippen LogP contribution in [0.5, 0.6) is 11.5 Å². The molecule has 2 amide bonds. The van der Waals surface area contributed by atoms with E-state index in [9.17, 15) is 4.79 Å². The molecule has 6 nitrogen and oxygen atoms in total. The van der Waals surface area contributed by atoms with Crippen molar-refractivity contribution in [3.8, 4) is 11.5 Å². The van der Waals surface area contributed by atoms with Crippen molar-refractivity contribution in [1.82, 2.24) is 5.43 Å². The molecule has 1 rings (SSSR count). The Morgan fingerprint density at radius 1 is 1.38 bits per heavy atom. The third-order valence-electron chi connectivity index (χ3n) is 1.80. The van der Waals surface area contributed by atoms with Crippen LogP contribution in [-0.4, -0.2) is 26.5 Å². The van der Waals surface area contributed by atoms with Crippen molar-refractivity contribution in [3.05, 3.63) is 23.8 Å². The number of hydrogen-bond acceptors (Lipinski definition) is 4. The average molecular weight is 223 g/mol. The predicted octanol–water partition coefficient (Wildman–Crippen LogP) is 0.706. The first-order chi connectivity index (χ1) is 7.67. The molecule has 6 heteroatoms. The van der Waals surface area contributed by atoms with Crippen LogP contribution in [0.25, 0.3) is 0 Å². The third kappa shape index (κ3) is 3.16. The fraction of sp³-hybridized carbons (Fsp3) is 0.200. The number of rotatable bonds is 4. The molecule has 0 unspecified atom stereocenters. The summed E-state index contributed by atoms with van der Waals surface area (Å²) in [6.45, 7) is 0. The maximum absolute atomic E-state index is 10.4. The van der Waals surface area contributed by atoms with E-state index in [1.165, 1.54) is 6.21 Å². The lowest BCUT2D eigenvalue weighted by molar-refractivity contribution is 0.249. The second-order valence-electron chi connectivity index (χ2n) is 2.85. The van der Waals surface area contributed by atoms with E-state index in [4.69, 9.17) is 15.2 Å². The number of nitrogens with zero attached hydrogens (tertiary/aromatic N) is 1. The number of carbonyl (C=O) groups is 1. The van der Waals surface area contributed by atoms with Crippen LogP contribution in [0.1, 0.15) is 5.56 Å². The van der Waals surface area contributed by atoms with Crippen LogP contribution >= 0.6 is 0 Å². The molecule has 86 valence electrons. The third-order valence-corrected chi connectivity index (χ3v) is 1.80. The fourth-order valence-corrected chi connectivity index (χ4v) is 1.10. The Morgan fingerprint density at radius 3 is 2.62 bits per heavy atom. The minimum absolute atomic E-state index is 0.588. The van der Waals surface area contributed by atoms with Gasteiger partial charge >= 0.3 is 6.03 Å². The minimum atomic E-state index is -0.711. The van der Waals surface area contributed by atoms with E-state index in [1.807, 2.05) is 0 Å². The molecule has 0 bridgehead atoms. The van der Waals surface area contributed by atoms with Crippen molar-refractivity contribution < 1.29 is 14.3 Å². The van der Waals surface area contributed by atoms with E-state index in [2.05, 4.69) is 10.5 Å². The molecular formula is C10H13N3O3. The van der Waals surface area contributed by atoms with Gasteiger partial charge in [0.2, 0.25) is 0 Å². The lowest BCUT2D eigenvalue weighted by atomic mass is 10.2. The highest BCUT2D eigenvalue weighted by molar-refractivity contribution is 5.82. The molecule has 3 N–H and O–H groups in total. The molecule has 0 atom stereocenters. The summed E-state index contributed by atoms with van der Waals surface area (Å²) >= 11 is 0. The highest BCUT2D eigenvalue weighted by Crippen LogP contribution is 2.26. The van der Waals surface area contributed by atoms with Crippen LogP contribution in [0.15, 0.2) is 23.3 Å². The van der Waals surface area contributed by atoms with Crippen molar-refractivity contribution in [3.63, 3.8) is 0 Å². The predicted molar refractivity (Wildman–Crippen MR) is 59.9 cm³/mol. The number of benzene rings is 1. The van der Waals surface area contributed by atoms with Crippen molar-refractivity contribution in [2.75, 3.05) is 14.2 Å². The molecule has 0 saturated carbocycles. The van der Waals surface area contributed by atoms with Crippen LogP contribution in [0, 0.1) is 0 Å². The van der Waals surface area contributed by atoms with Gasteiger partial charge in [-0.05, 0) is 23.8 Å². The molecule has 0 heterocycles. The van der Waals surface area contributed by atoms with E-state index in [0.717, 1.165) is 5.56 Å². The van der Waals surface area contributed by atoms with Gasteiger partial charge < -0.3 is 15.2 Å². The van der Waals surface area contributed by atoms with Crippen molar-refractivity contribution in [1.29, 1.82) is 0 Å². The maximum Gasteiger partial charge on any atom is 0.332 e. The Hall–Kier alpha value is -2.24. The number of methoxy groups -OCH3 is 2. The fourth-order valence-electron chi connectivity index (χ4n) is 1.10. The normalized spacial score (nSPS) is 10.1. The molecular weight excluding hydrogens is 210 g/mol. The number of amides is 2. The second-order valence-corrected chi connectivity index (χ2v) is 2.85. The lowest BCUT2D eigenvalue weighted by Crippen LogP contribution is -2.24. The Bertz CT molecular complexity index is 404. The number of hydrazone groups is 1. The Kier molecular flexibility index (Phi) is 4.14. The number of urea groups is 1. The van der Waals surface area contributed by atoms with Crippen molar-refractivity contribution in [2.24, 2.45) is 10.8 Å². The number of primary amides is 1. The van der Waals surface area contributed by atoms with Crippen LogP contribution in [0.2, 0.25) is 0 Å². The van der Waals surface area contributed by atoms with E-state index in [0.29, 0.717) is 11.5 Å². The number of carbonyl (C=O) groups excluding carboxylic acids is 1. The van der Waals surface area contributed by atoms with Crippen LogP contribution in [0.3, 0.4) is 0 Å². The Labute approximate surface area is 93.0 Å². The summed E-state index contributed by atoms with van der Waals surface area (Å²) in [6, 6.07) is 4.53. The molecule has 0 spiro atoms. The molecule has 0 aliphatic carbocycles. The first-order valence-electron chi connectivity index (χ1n) is 4.48. The summed E-state index contributed by atoms with van der Waals surface area (Å²) in [4.78, 5) is 10.4. The standard InChI is InChI=1S/C10H13N3O3/c1-15-8-4-3-7(5-9(8)16-2)6-12-13-10(11)14/h3-6H,1-2H3,(H3,11,13,14)/b12-6+. The number of nitrogens with two attached hydrogens (primary N) is 1. The average Bonchev–Trinajstić information content (AvgIpc) is 2.28. The monoisotopic (exact) mass is 223 g/mol. The molecule has 0 fully saturated rings. The summed E-state index contributed by atoms with van der Waals surface area (Å²) in [7, 11) is 3.10. The van der Waals surface area contributed by atoms with Gasteiger partial charge in [-0.1, -0.05) is 0 Å². The highest BCUT2D eigenvalue weighted by Gasteiger charge is 2.02. The van der Waals surface area contributed by atoms with Gasteiger partial charge in [0.1, 0.15) is 0 Å². The second kappa shape index (κ2) is 5.59. The zero-order valence-corrected chi connectivity index (χ0v) is 9.06. The van der Waals surface area contributed by atoms with Gasteiger partial charge in [-0.3, -0.25) is 0 Å². The van der Waals surface area contributed by atoms with Gasteiger partial charge in [-0.15, -0.1) is 0 Å². The molecule has 0 aromatic heterocycles. The van der Waals surface area contributed by atoms with Crippen LogP contribution in [-0.2, 0) is 0 Å². The quantitative estimate of drug-likeness (QED) is 0.582. The minimum Gasteiger partial charge on any atom is -0.493 e. The Morgan fingerprint density at radius 2 is 2.06 bits per heavy atom. The Balaban J connectivity index is 2.82. The van der Waals surface area contributed by atoms with Gasteiger partial charge in [-0.2, -0.15) is 5.10 Å². The van der Waals surface area contributed by atoms with Crippen molar-refractivity contribution >= 4 is 12.2 Å². The first kappa shape index (κ1) is 11.8. The maximum atomic E-state index is 10.4. The molecule has 1 aromatic rings. The van der Waals surface area contributed by atoms with Crippen LogP contribution < -0.4 is 20.6 Å². The molecule has 1 aromatic carbocycles.